The van der Waals surface area contributed by atoms with Crippen molar-refractivity contribution in [2.75, 3.05) is 7.11 Å². The summed E-state index contributed by atoms with van der Waals surface area (Å²) in [7, 11) is 1.44. The van der Waals surface area contributed by atoms with Gasteiger partial charge in [-0.25, -0.2) is 9.68 Å². The normalized spacial score (nSPS) is 11.9. The van der Waals surface area contributed by atoms with E-state index >= 15 is 0 Å². The minimum atomic E-state index is -0.940. The van der Waals surface area contributed by atoms with Crippen molar-refractivity contribution in [3.8, 4) is 0 Å². The van der Waals surface area contributed by atoms with Crippen LogP contribution in [0.1, 0.15) is 18.1 Å². The number of benzene rings is 2. The second-order valence-corrected chi connectivity index (χ2v) is 5.29. The summed E-state index contributed by atoms with van der Waals surface area (Å²) in [6.45, 7) is 1.81. The Bertz CT molecular complexity index is 663. The van der Waals surface area contributed by atoms with Gasteiger partial charge in [0, 0.05) is 4.90 Å². The van der Waals surface area contributed by atoms with E-state index in [9.17, 15) is 9.90 Å². The van der Waals surface area contributed by atoms with Gasteiger partial charge < -0.3 is 5.11 Å². The Morgan fingerprint density at radius 1 is 1.00 bits per heavy atom. The molecule has 0 radical (unpaired) electrons. The molecule has 4 nitrogen and oxygen atoms in total. The van der Waals surface area contributed by atoms with Crippen molar-refractivity contribution >= 4 is 29.2 Å². The van der Waals surface area contributed by atoms with Crippen LogP contribution in [0, 0.1) is 0 Å². The Morgan fingerprint density at radius 2 is 1.64 bits per heavy atom. The lowest BCUT2D eigenvalue weighted by Gasteiger charge is -2.09. The van der Waals surface area contributed by atoms with Gasteiger partial charge in [0.2, 0.25) is 0 Å². The van der Waals surface area contributed by atoms with Crippen molar-refractivity contribution in [3.63, 3.8) is 0 Å². The molecule has 0 fully saturated rings. The molecule has 2 rings (SSSR count). The van der Waals surface area contributed by atoms with Crippen LogP contribution < -0.4 is 0 Å². The van der Waals surface area contributed by atoms with Gasteiger partial charge in [-0.05, 0) is 35.8 Å². The third-order valence-electron chi connectivity index (χ3n) is 3.14. The zero-order valence-corrected chi connectivity index (χ0v) is 13.1. The number of carboxylic acids is 1. The summed E-state index contributed by atoms with van der Waals surface area (Å²) in [5.41, 5.74) is 2.55. The van der Waals surface area contributed by atoms with Gasteiger partial charge in [0.1, 0.15) is 0 Å². The third-order valence-corrected chi connectivity index (χ3v) is 3.81. The lowest BCUT2D eigenvalue weighted by atomic mass is 9.96. The monoisotopic (exact) mass is 316 g/mol. The maximum atomic E-state index is 11.6. The van der Waals surface area contributed by atoms with Crippen LogP contribution in [-0.4, -0.2) is 18.2 Å². The van der Waals surface area contributed by atoms with Crippen molar-refractivity contribution in [1.29, 1.82) is 0 Å². The molecular weight excluding hydrogens is 300 g/mol. The van der Waals surface area contributed by atoms with E-state index in [4.69, 9.17) is 4.33 Å². The SMILES string of the molecule is COOSc1ccc(/C(C)=C(/C(=O)O)c2ccccc2)cc1. The number of carboxylic acid groups (broad SMARTS) is 1. The zero-order chi connectivity index (χ0) is 15.9. The van der Waals surface area contributed by atoms with Crippen LogP contribution >= 0.6 is 12.0 Å². The number of carbonyl (C=O) groups is 1. The third kappa shape index (κ3) is 3.98. The smallest absolute Gasteiger partial charge is 0.336 e. The Hall–Kier alpha value is -2.08. The Morgan fingerprint density at radius 3 is 2.18 bits per heavy atom. The molecule has 1 N–H and O–H groups in total. The molecule has 2 aromatic carbocycles. The molecule has 0 bridgehead atoms. The summed E-state index contributed by atoms with van der Waals surface area (Å²) in [5.74, 6) is -0.940. The number of aliphatic carboxylic acids is 1. The molecular formula is C17H16O4S. The standard InChI is InChI=1S/C17H16O4S/c1-12(13-8-10-15(11-9-13)22-21-20-2)16(17(18)19)14-6-4-3-5-7-14/h3-11H,1-2H3,(H,18,19)/b16-12+. The summed E-state index contributed by atoms with van der Waals surface area (Å²) in [4.78, 5) is 17.0. The van der Waals surface area contributed by atoms with E-state index in [1.165, 1.54) is 7.11 Å². The quantitative estimate of drug-likeness (QED) is 0.283. The molecule has 5 heteroatoms. The van der Waals surface area contributed by atoms with Crippen molar-refractivity contribution in [2.24, 2.45) is 0 Å². The lowest BCUT2D eigenvalue weighted by Crippen LogP contribution is -2.02. The minimum Gasteiger partial charge on any atom is -0.478 e. The summed E-state index contributed by atoms with van der Waals surface area (Å²) < 4.78 is 4.79. The van der Waals surface area contributed by atoms with Gasteiger partial charge in [0.05, 0.1) is 24.7 Å². The second kappa shape index (κ2) is 7.79. The van der Waals surface area contributed by atoms with Crippen LogP contribution in [0.2, 0.25) is 0 Å². The topological polar surface area (TPSA) is 55.8 Å². The fraction of sp³-hybridized carbons (Fsp3) is 0.118. The summed E-state index contributed by atoms with van der Waals surface area (Å²) >= 11 is 1.10. The molecule has 0 aromatic heterocycles. The van der Waals surface area contributed by atoms with Crippen molar-refractivity contribution in [1.82, 2.24) is 0 Å². The van der Waals surface area contributed by atoms with Gasteiger partial charge in [-0.15, -0.1) is 0 Å². The second-order valence-electron chi connectivity index (χ2n) is 4.51. The summed E-state index contributed by atoms with van der Waals surface area (Å²) in [6.07, 6.45) is 0. The predicted molar refractivity (Wildman–Crippen MR) is 87.0 cm³/mol. The van der Waals surface area contributed by atoms with Gasteiger partial charge in [0.25, 0.3) is 0 Å². The van der Waals surface area contributed by atoms with E-state index < -0.39 is 5.97 Å². The summed E-state index contributed by atoms with van der Waals surface area (Å²) in [6, 6.07) is 16.5. The first-order valence-corrected chi connectivity index (χ1v) is 7.35. The van der Waals surface area contributed by atoms with Crippen LogP contribution in [0.25, 0.3) is 11.1 Å². The van der Waals surface area contributed by atoms with E-state index in [1.807, 2.05) is 49.4 Å². The maximum absolute atomic E-state index is 11.6. The van der Waals surface area contributed by atoms with Gasteiger partial charge >= 0.3 is 5.97 Å². The van der Waals surface area contributed by atoms with Crippen LogP contribution in [0.4, 0.5) is 0 Å². The van der Waals surface area contributed by atoms with Gasteiger partial charge in [-0.1, -0.05) is 42.5 Å². The Labute approximate surface area is 133 Å². The van der Waals surface area contributed by atoms with Crippen molar-refractivity contribution < 1.29 is 19.1 Å². The summed E-state index contributed by atoms with van der Waals surface area (Å²) in [5, 5.41) is 9.53. The molecule has 0 saturated heterocycles. The molecule has 0 aliphatic heterocycles. The predicted octanol–water partition coefficient (Wildman–Crippen LogP) is 4.29. The molecule has 0 amide bonds. The van der Waals surface area contributed by atoms with E-state index in [0.717, 1.165) is 22.5 Å². The van der Waals surface area contributed by atoms with E-state index in [-0.39, 0.29) is 0 Å². The van der Waals surface area contributed by atoms with E-state index in [1.54, 1.807) is 12.1 Å². The molecule has 0 spiro atoms. The molecule has 0 heterocycles. The highest BCUT2D eigenvalue weighted by molar-refractivity contribution is 7.94. The highest BCUT2D eigenvalue weighted by atomic mass is 32.2. The molecule has 0 saturated carbocycles. The molecule has 114 valence electrons. The minimum absolute atomic E-state index is 0.300. The first-order chi connectivity index (χ1) is 10.6. The molecule has 22 heavy (non-hydrogen) atoms. The van der Waals surface area contributed by atoms with Crippen LogP contribution in [0.5, 0.6) is 0 Å². The molecule has 2 aromatic rings. The largest absolute Gasteiger partial charge is 0.478 e. The fourth-order valence-electron chi connectivity index (χ4n) is 2.08. The van der Waals surface area contributed by atoms with Gasteiger partial charge in [-0.3, -0.25) is 0 Å². The molecule has 0 atom stereocenters. The highest BCUT2D eigenvalue weighted by Crippen LogP contribution is 2.28. The van der Waals surface area contributed by atoms with Crippen LogP contribution in [0.3, 0.4) is 0 Å². The van der Waals surface area contributed by atoms with Crippen molar-refractivity contribution in [2.45, 2.75) is 11.8 Å². The lowest BCUT2D eigenvalue weighted by molar-refractivity contribution is -0.160. The van der Waals surface area contributed by atoms with Crippen molar-refractivity contribution in [3.05, 3.63) is 65.7 Å². The Balaban J connectivity index is 2.37. The first kappa shape index (κ1) is 16.3. The Kier molecular flexibility index (Phi) is 5.77. The zero-order valence-electron chi connectivity index (χ0n) is 12.3. The number of hydrogen-bond donors (Lipinski definition) is 1. The fourth-order valence-corrected chi connectivity index (χ4v) is 2.48. The van der Waals surface area contributed by atoms with Crippen LogP contribution in [-0.2, 0) is 14.0 Å². The maximum Gasteiger partial charge on any atom is 0.336 e. The number of rotatable bonds is 6. The molecule has 0 unspecified atom stereocenters. The van der Waals surface area contributed by atoms with E-state index in [0.29, 0.717) is 16.7 Å². The first-order valence-electron chi connectivity index (χ1n) is 6.61. The molecule has 0 aliphatic carbocycles. The molecule has 0 aliphatic rings. The average Bonchev–Trinajstić information content (AvgIpc) is 2.54. The highest BCUT2D eigenvalue weighted by Gasteiger charge is 2.15. The van der Waals surface area contributed by atoms with E-state index in [2.05, 4.69) is 4.89 Å². The number of hydrogen-bond acceptors (Lipinski definition) is 4. The van der Waals surface area contributed by atoms with Gasteiger partial charge in [-0.2, -0.15) is 4.33 Å². The van der Waals surface area contributed by atoms with Gasteiger partial charge in [0.15, 0.2) is 0 Å². The van der Waals surface area contributed by atoms with Crippen LogP contribution in [0.15, 0.2) is 59.5 Å². The average molecular weight is 316 g/mol. The number of allylic oxidation sites excluding steroid dienone is 1.